The summed E-state index contributed by atoms with van der Waals surface area (Å²) >= 11 is 1.88. The molecule has 0 aromatic carbocycles. The lowest BCUT2D eigenvalue weighted by atomic mass is 9.81. The van der Waals surface area contributed by atoms with E-state index in [4.69, 9.17) is 5.84 Å². The quantitative estimate of drug-likeness (QED) is 0.663. The zero-order valence-electron chi connectivity index (χ0n) is 11.2. The van der Waals surface area contributed by atoms with Crippen LogP contribution in [0.5, 0.6) is 0 Å². The summed E-state index contributed by atoms with van der Waals surface area (Å²) in [4.78, 5) is 1.54. The highest BCUT2D eigenvalue weighted by molar-refractivity contribution is 7.10. The standard InChI is InChI=1S/C14H20N4S/c1-18-9-10(8-16-18)7-13(17-15)11-3-2-4-14-12(11)5-6-19-14/h5-6,8-9,11,13,17H,2-4,7,15H2,1H3. The van der Waals surface area contributed by atoms with Crippen LogP contribution in [0, 0.1) is 0 Å². The maximum Gasteiger partial charge on any atom is 0.0522 e. The fourth-order valence-corrected chi connectivity index (χ4v) is 4.09. The first kappa shape index (κ1) is 12.8. The lowest BCUT2D eigenvalue weighted by Gasteiger charge is -2.30. The number of aromatic nitrogens is 2. The summed E-state index contributed by atoms with van der Waals surface area (Å²) in [5.41, 5.74) is 5.77. The zero-order valence-corrected chi connectivity index (χ0v) is 12.0. The molecule has 0 saturated heterocycles. The predicted molar refractivity (Wildman–Crippen MR) is 78.0 cm³/mol. The van der Waals surface area contributed by atoms with E-state index in [2.05, 4.69) is 28.2 Å². The van der Waals surface area contributed by atoms with E-state index in [1.165, 1.54) is 30.4 Å². The highest BCUT2D eigenvalue weighted by Gasteiger charge is 2.28. The van der Waals surface area contributed by atoms with Gasteiger partial charge in [0.25, 0.3) is 0 Å². The van der Waals surface area contributed by atoms with Crippen molar-refractivity contribution in [1.82, 2.24) is 15.2 Å². The van der Waals surface area contributed by atoms with Crippen molar-refractivity contribution < 1.29 is 0 Å². The van der Waals surface area contributed by atoms with E-state index in [9.17, 15) is 0 Å². The highest BCUT2D eigenvalue weighted by atomic mass is 32.1. The molecule has 4 nitrogen and oxygen atoms in total. The Morgan fingerprint density at radius 3 is 3.26 bits per heavy atom. The second kappa shape index (κ2) is 5.45. The van der Waals surface area contributed by atoms with E-state index >= 15 is 0 Å². The van der Waals surface area contributed by atoms with E-state index in [1.54, 1.807) is 4.88 Å². The van der Waals surface area contributed by atoms with Gasteiger partial charge in [0, 0.05) is 30.1 Å². The zero-order chi connectivity index (χ0) is 13.2. The van der Waals surface area contributed by atoms with E-state index in [1.807, 2.05) is 29.3 Å². The Balaban J connectivity index is 1.80. The molecule has 2 aromatic rings. The minimum Gasteiger partial charge on any atom is -0.276 e. The number of nitrogens with zero attached hydrogens (tertiary/aromatic N) is 2. The predicted octanol–water partition coefficient (Wildman–Crippen LogP) is 1.98. The maximum absolute atomic E-state index is 5.81. The molecule has 0 spiro atoms. The number of nitrogens with two attached hydrogens (primary N) is 1. The summed E-state index contributed by atoms with van der Waals surface area (Å²) in [6, 6.07) is 2.56. The molecule has 0 aliphatic heterocycles. The normalized spacial score (nSPS) is 20.2. The van der Waals surface area contributed by atoms with Gasteiger partial charge in [-0.25, -0.2) is 0 Å². The molecule has 0 fully saturated rings. The van der Waals surface area contributed by atoms with Gasteiger partial charge in [0.2, 0.25) is 0 Å². The van der Waals surface area contributed by atoms with Crippen molar-refractivity contribution in [2.45, 2.75) is 37.6 Å². The minimum atomic E-state index is 0.290. The number of hydrogen-bond donors (Lipinski definition) is 2. The summed E-state index contributed by atoms with van der Waals surface area (Å²) in [6.07, 6.45) is 8.66. The fourth-order valence-electron chi connectivity index (χ4n) is 3.09. The first-order chi connectivity index (χ1) is 9.28. The molecule has 0 saturated carbocycles. The Bertz CT molecular complexity index is 545. The Kier molecular flexibility index (Phi) is 3.68. The second-order valence-corrected chi connectivity index (χ2v) is 6.30. The molecule has 5 heteroatoms. The van der Waals surface area contributed by atoms with Crippen molar-refractivity contribution in [3.05, 3.63) is 39.8 Å². The largest absolute Gasteiger partial charge is 0.276 e. The van der Waals surface area contributed by atoms with Gasteiger partial charge in [-0.1, -0.05) is 0 Å². The molecule has 3 N–H and O–H groups in total. The first-order valence-electron chi connectivity index (χ1n) is 6.78. The van der Waals surface area contributed by atoms with Gasteiger partial charge < -0.3 is 0 Å². The van der Waals surface area contributed by atoms with Crippen LogP contribution in [0.25, 0.3) is 0 Å². The summed E-state index contributed by atoms with van der Waals surface area (Å²) < 4.78 is 1.85. The summed E-state index contributed by atoms with van der Waals surface area (Å²) in [5, 5.41) is 6.44. The number of nitrogens with one attached hydrogen (secondary N) is 1. The summed E-state index contributed by atoms with van der Waals surface area (Å²) in [7, 11) is 1.95. The molecule has 1 aliphatic carbocycles. The van der Waals surface area contributed by atoms with E-state index in [0.29, 0.717) is 5.92 Å². The molecule has 2 heterocycles. The van der Waals surface area contributed by atoms with Crippen LogP contribution in [-0.2, 0) is 19.9 Å². The number of fused-ring (bicyclic) bond motifs is 1. The molecule has 0 amide bonds. The van der Waals surface area contributed by atoms with Crippen LogP contribution >= 0.6 is 11.3 Å². The highest BCUT2D eigenvalue weighted by Crippen LogP contribution is 2.37. The lowest BCUT2D eigenvalue weighted by molar-refractivity contribution is 0.397. The van der Waals surface area contributed by atoms with Gasteiger partial charge in [-0.2, -0.15) is 5.10 Å². The van der Waals surface area contributed by atoms with Crippen LogP contribution < -0.4 is 11.3 Å². The second-order valence-electron chi connectivity index (χ2n) is 5.30. The van der Waals surface area contributed by atoms with Crippen LogP contribution in [0.4, 0.5) is 0 Å². The smallest absolute Gasteiger partial charge is 0.0522 e. The number of aryl methyl sites for hydroxylation is 2. The maximum atomic E-state index is 5.81. The van der Waals surface area contributed by atoms with Crippen LogP contribution in [0.15, 0.2) is 23.8 Å². The van der Waals surface area contributed by atoms with Crippen molar-refractivity contribution in [3.63, 3.8) is 0 Å². The molecule has 2 atom stereocenters. The van der Waals surface area contributed by atoms with Crippen LogP contribution in [-0.4, -0.2) is 15.8 Å². The van der Waals surface area contributed by atoms with Gasteiger partial charge in [-0.05, 0) is 48.3 Å². The molecule has 0 radical (unpaired) electrons. The average Bonchev–Trinajstić information content (AvgIpc) is 3.04. The molecular formula is C14H20N4S. The van der Waals surface area contributed by atoms with E-state index < -0.39 is 0 Å². The minimum absolute atomic E-state index is 0.290. The van der Waals surface area contributed by atoms with Crippen molar-refractivity contribution in [2.24, 2.45) is 12.9 Å². The third-order valence-electron chi connectivity index (χ3n) is 4.01. The third kappa shape index (κ3) is 2.59. The average molecular weight is 276 g/mol. The van der Waals surface area contributed by atoms with E-state index in [-0.39, 0.29) is 6.04 Å². The van der Waals surface area contributed by atoms with E-state index in [0.717, 1.165) is 6.42 Å². The Morgan fingerprint density at radius 2 is 2.53 bits per heavy atom. The number of hydrogen-bond acceptors (Lipinski definition) is 4. The van der Waals surface area contributed by atoms with Gasteiger partial charge in [-0.3, -0.25) is 16.0 Å². The van der Waals surface area contributed by atoms with Gasteiger partial charge in [0.15, 0.2) is 0 Å². The van der Waals surface area contributed by atoms with Gasteiger partial charge >= 0.3 is 0 Å². The summed E-state index contributed by atoms with van der Waals surface area (Å²) in [6.45, 7) is 0. The van der Waals surface area contributed by atoms with Crippen molar-refractivity contribution in [2.75, 3.05) is 0 Å². The third-order valence-corrected chi connectivity index (χ3v) is 5.01. The molecule has 3 rings (SSSR count). The Morgan fingerprint density at radius 1 is 1.63 bits per heavy atom. The van der Waals surface area contributed by atoms with Crippen molar-refractivity contribution in [3.8, 4) is 0 Å². The molecule has 102 valence electrons. The molecule has 2 unspecified atom stereocenters. The lowest BCUT2D eigenvalue weighted by Crippen LogP contribution is -2.42. The van der Waals surface area contributed by atoms with Crippen LogP contribution in [0.2, 0.25) is 0 Å². The number of rotatable bonds is 4. The SMILES string of the molecule is Cn1cc(CC(NN)C2CCCc3sccc32)cn1. The number of thiophene rings is 1. The van der Waals surface area contributed by atoms with Gasteiger partial charge in [-0.15, -0.1) is 11.3 Å². The van der Waals surface area contributed by atoms with Crippen molar-refractivity contribution in [1.29, 1.82) is 0 Å². The van der Waals surface area contributed by atoms with Crippen LogP contribution in [0.3, 0.4) is 0 Å². The molecular weight excluding hydrogens is 256 g/mol. The van der Waals surface area contributed by atoms with Crippen molar-refractivity contribution >= 4 is 11.3 Å². The molecule has 2 aromatic heterocycles. The fraction of sp³-hybridized carbons (Fsp3) is 0.500. The molecule has 0 bridgehead atoms. The topological polar surface area (TPSA) is 55.9 Å². The van der Waals surface area contributed by atoms with Gasteiger partial charge in [0.1, 0.15) is 0 Å². The first-order valence-corrected chi connectivity index (χ1v) is 7.66. The number of hydrazine groups is 1. The Labute approximate surface area is 117 Å². The monoisotopic (exact) mass is 276 g/mol. The summed E-state index contributed by atoms with van der Waals surface area (Å²) in [5.74, 6) is 6.34. The molecule has 1 aliphatic rings. The molecule has 19 heavy (non-hydrogen) atoms. The van der Waals surface area contributed by atoms with Gasteiger partial charge in [0.05, 0.1) is 6.20 Å². The Hall–Kier alpha value is -1.17. The van der Waals surface area contributed by atoms with Crippen LogP contribution in [0.1, 0.15) is 34.8 Å².